The maximum atomic E-state index is 11.6. The van der Waals surface area contributed by atoms with Gasteiger partial charge in [-0.15, -0.1) is 0 Å². The van der Waals surface area contributed by atoms with Crippen molar-refractivity contribution in [2.45, 2.75) is 44.4 Å². The molecule has 0 spiro atoms. The largest absolute Gasteiger partial charge is 0.490 e. The highest BCUT2D eigenvalue weighted by atomic mass is 32.2. The zero-order valence-corrected chi connectivity index (χ0v) is 16.1. The van der Waals surface area contributed by atoms with Gasteiger partial charge in [-0.3, -0.25) is 19.8 Å². The zero-order chi connectivity index (χ0) is 18.6. The van der Waals surface area contributed by atoms with E-state index in [2.05, 4.69) is 15.5 Å². The third-order valence-electron chi connectivity index (χ3n) is 5.32. The first-order valence-electron chi connectivity index (χ1n) is 9.66. The molecule has 0 aliphatic carbocycles. The Morgan fingerprint density at radius 1 is 1.07 bits per heavy atom. The molecule has 4 rings (SSSR count). The molecule has 1 aromatic carbocycles. The lowest BCUT2D eigenvalue weighted by Crippen LogP contribution is -2.52. The molecule has 0 saturated carbocycles. The summed E-state index contributed by atoms with van der Waals surface area (Å²) in [6, 6.07) is 7.70. The lowest BCUT2D eigenvalue weighted by Gasteiger charge is -2.39. The molecule has 1 atom stereocenters. The number of nitrogens with zero attached hydrogens (tertiary/aromatic N) is 1. The fourth-order valence-corrected chi connectivity index (χ4v) is 4.54. The van der Waals surface area contributed by atoms with Gasteiger partial charge in [-0.2, -0.15) is 0 Å². The van der Waals surface area contributed by atoms with Crippen LogP contribution in [-0.4, -0.2) is 48.0 Å². The summed E-state index contributed by atoms with van der Waals surface area (Å²) in [6.45, 7) is 3.29. The van der Waals surface area contributed by atoms with Gasteiger partial charge in [0.15, 0.2) is 0 Å². The topological polar surface area (TPSA) is 70.7 Å². The average Bonchev–Trinajstić information content (AvgIpc) is 3.01. The minimum absolute atomic E-state index is 0.253. The normalized spacial score (nSPS) is 26.4. The number of benzene rings is 1. The van der Waals surface area contributed by atoms with Crippen molar-refractivity contribution >= 4 is 29.0 Å². The monoisotopic (exact) mass is 387 g/mol. The smallest absolute Gasteiger partial charge is 0.290 e. The average molecular weight is 388 g/mol. The molecular formula is C20H25N3O3S. The molecule has 6 nitrogen and oxygen atoms in total. The summed E-state index contributed by atoms with van der Waals surface area (Å²) in [6.07, 6.45) is 8.49. The molecule has 3 aliphatic rings. The second kappa shape index (κ2) is 8.46. The number of piperidine rings is 2. The molecule has 3 heterocycles. The Labute approximate surface area is 163 Å². The van der Waals surface area contributed by atoms with Crippen LogP contribution in [0.3, 0.4) is 0 Å². The molecule has 3 fully saturated rings. The molecule has 1 aromatic rings. The minimum Gasteiger partial charge on any atom is -0.490 e. The van der Waals surface area contributed by atoms with E-state index < -0.39 is 0 Å². The van der Waals surface area contributed by atoms with E-state index in [1.165, 1.54) is 19.3 Å². The van der Waals surface area contributed by atoms with E-state index in [0.717, 1.165) is 55.6 Å². The number of thioether (sulfide) groups is 1. The van der Waals surface area contributed by atoms with Gasteiger partial charge in [0.1, 0.15) is 11.9 Å². The van der Waals surface area contributed by atoms with Gasteiger partial charge in [0, 0.05) is 13.1 Å². The molecule has 2 amide bonds. The first-order chi connectivity index (χ1) is 13.2. The van der Waals surface area contributed by atoms with Crippen molar-refractivity contribution in [3.05, 3.63) is 34.7 Å². The van der Waals surface area contributed by atoms with Crippen molar-refractivity contribution in [1.82, 2.24) is 15.5 Å². The van der Waals surface area contributed by atoms with Crippen LogP contribution in [0.25, 0.3) is 6.08 Å². The summed E-state index contributed by atoms with van der Waals surface area (Å²) in [4.78, 5) is 25.8. The molecular weight excluding hydrogens is 362 g/mol. The Kier molecular flexibility index (Phi) is 5.80. The maximum absolute atomic E-state index is 11.6. The van der Waals surface area contributed by atoms with E-state index in [4.69, 9.17) is 4.74 Å². The number of ether oxygens (including phenoxy) is 1. The van der Waals surface area contributed by atoms with Gasteiger partial charge in [-0.1, -0.05) is 12.1 Å². The second-order valence-electron chi connectivity index (χ2n) is 7.24. The first-order valence-corrected chi connectivity index (χ1v) is 10.5. The number of nitrogens with one attached hydrogen (secondary N) is 2. The second-order valence-corrected chi connectivity index (χ2v) is 8.25. The highest BCUT2D eigenvalue weighted by Gasteiger charge is 2.27. The summed E-state index contributed by atoms with van der Waals surface area (Å²) >= 11 is 0.934. The fraction of sp³-hybridized carbons (Fsp3) is 0.500. The molecule has 7 heteroatoms. The SMILES string of the molecule is O=C1NC(=O)/C(=C\c2ccc(OC3CCN(C4CCCCN4)CC3)cc2)S1. The van der Waals surface area contributed by atoms with Crippen LogP contribution in [0.15, 0.2) is 29.2 Å². The van der Waals surface area contributed by atoms with Crippen LogP contribution in [0, 0.1) is 0 Å². The maximum Gasteiger partial charge on any atom is 0.290 e. The van der Waals surface area contributed by atoms with Crippen LogP contribution in [0.5, 0.6) is 5.75 Å². The minimum atomic E-state index is -0.329. The Bertz CT molecular complexity index is 720. The van der Waals surface area contributed by atoms with E-state index in [9.17, 15) is 9.59 Å². The first kappa shape index (κ1) is 18.5. The standard InChI is InChI=1S/C20H25N3O3S/c24-19-17(27-20(25)22-19)13-14-4-6-15(7-5-14)26-16-8-11-23(12-9-16)18-3-1-2-10-21-18/h4-7,13,16,18,21H,1-3,8-12H2,(H,22,24,25)/b17-13+. The summed E-state index contributed by atoms with van der Waals surface area (Å²) < 4.78 is 6.15. The molecule has 144 valence electrons. The van der Waals surface area contributed by atoms with Crippen molar-refractivity contribution in [3.63, 3.8) is 0 Å². The summed E-state index contributed by atoms with van der Waals surface area (Å²) in [5, 5.41) is 5.57. The lowest BCUT2D eigenvalue weighted by molar-refractivity contribution is -0.115. The van der Waals surface area contributed by atoms with Gasteiger partial charge in [-0.05, 0) is 74.2 Å². The van der Waals surface area contributed by atoms with Crippen molar-refractivity contribution in [2.24, 2.45) is 0 Å². The molecule has 27 heavy (non-hydrogen) atoms. The summed E-state index contributed by atoms with van der Waals surface area (Å²) in [7, 11) is 0. The van der Waals surface area contributed by atoms with E-state index in [1.54, 1.807) is 6.08 Å². The molecule has 0 bridgehead atoms. The van der Waals surface area contributed by atoms with E-state index >= 15 is 0 Å². The van der Waals surface area contributed by atoms with Gasteiger partial charge in [-0.25, -0.2) is 0 Å². The van der Waals surface area contributed by atoms with Gasteiger partial charge < -0.3 is 10.1 Å². The number of imide groups is 1. The fourth-order valence-electron chi connectivity index (χ4n) is 3.86. The van der Waals surface area contributed by atoms with Crippen LogP contribution in [0.1, 0.15) is 37.7 Å². The lowest BCUT2D eigenvalue weighted by atomic mass is 10.0. The highest BCUT2D eigenvalue weighted by Crippen LogP contribution is 2.27. The third kappa shape index (κ3) is 4.72. The van der Waals surface area contributed by atoms with Crippen LogP contribution in [-0.2, 0) is 4.79 Å². The summed E-state index contributed by atoms with van der Waals surface area (Å²) in [5.74, 6) is 0.524. The van der Waals surface area contributed by atoms with Crippen LogP contribution in [0.4, 0.5) is 4.79 Å². The van der Waals surface area contributed by atoms with Crippen LogP contribution >= 0.6 is 11.8 Å². The van der Waals surface area contributed by atoms with E-state index in [1.807, 2.05) is 24.3 Å². The van der Waals surface area contributed by atoms with E-state index in [-0.39, 0.29) is 17.3 Å². The number of carbonyl (C=O) groups excluding carboxylic acids is 2. The number of rotatable bonds is 4. The van der Waals surface area contributed by atoms with Crippen molar-refractivity contribution in [3.8, 4) is 5.75 Å². The number of hydrogen-bond acceptors (Lipinski definition) is 6. The van der Waals surface area contributed by atoms with Gasteiger partial charge >= 0.3 is 0 Å². The van der Waals surface area contributed by atoms with Crippen LogP contribution in [0.2, 0.25) is 0 Å². The van der Waals surface area contributed by atoms with Gasteiger partial charge in [0.05, 0.1) is 11.1 Å². The molecule has 0 aromatic heterocycles. The molecule has 3 saturated heterocycles. The van der Waals surface area contributed by atoms with E-state index in [0.29, 0.717) is 11.1 Å². The Hall–Kier alpha value is -1.83. The number of amides is 2. The van der Waals surface area contributed by atoms with Crippen molar-refractivity contribution in [2.75, 3.05) is 19.6 Å². The molecule has 2 N–H and O–H groups in total. The Morgan fingerprint density at radius 3 is 2.48 bits per heavy atom. The molecule has 3 aliphatic heterocycles. The molecule has 1 unspecified atom stereocenters. The van der Waals surface area contributed by atoms with Crippen molar-refractivity contribution < 1.29 is 14.3 Å². The number of carbonyl (C=O) groups is 2. The predicted molar refractivity (Wildman–Crippen MR) is 106 cm³/mol. The highest BCUT2D eigenvalue weighted by molar-refractivity contribution is 8.18. The third-order valence-corrected chi connectivity index (χ3v) is 6.13. The summed E-state index contributed by atoms with van der Waals surface area (Å²) in [5.41, 5.74) is 0.882. The molecule has 0 radical (unpaired) electrons. The quantitative estimate of drug-likeness (QED) is 0.774. The Balaban J connectivity index is 1.28. The van der Waals surface area contributed by atoms with Crippen molar-refractivity contribution in [1.29, 1.82) is 0 Å². The van der Waals surface area contributed by atoms with Crippen LogP contribution < -0.4 is 15.4 Å². The predicted octanol–water partition coefficient (Wildman–Crippen LogP) is 2.95. The number of likely N-dealkylation sites (tertiary alicyclic amines) is 1. The van der Waals surface area contributed by atoms with Gasteiger partial charge in [0.2, 0.25) is 0 Å². The van der Waals surface area contributed by atoms with Gasteiger partial charge in [0.25, 0.3) is 11.1 Å². The Morgan fingerprint density at radius 2 is 1.85 bits per heavy atom. The number of hydrogen-bond donors (Lipinski definition) is 2. The zero-order valence-electron chi connectivity index (χ0n) is 15.3.